The zero-order chi connectivity index (χ0) is 10.7. The lowest BCUT2D eigenvalue weighted by Crippen LogP contribution is -2.46. The zero-order valence-electron chi connectivity index (χ0n) is 8.99. The largest absolute Gasteiger partial charge is 0.481 e. The number of piperidine rings is 1. The molecule has 4 heteroatoms. The Morgan fingerprint density at radius 2 is 2.13 bits per heavy atom. The molecule has 1 aliphatic heterocycles. The van der Waals surface area contributed by atoms with Crippen LogP contribution in [0.3, 0.4) is 0 Å². The van der Waals surface area contributed by atoms with Crippen molar-refractivity contribution in [1.82, 2.24) is 10.3 Å². The second kappa shape index (κ2) is 4.16. The number of rotatable bonds is 2. The maximum absolute atomic E-state index is 6.35. The molecule has 0 amide bonds. The van der Waals surface area contributed by atoms with Crippen LogP contribution in [0.4, 0.5) is 0 Å². The molecule has 1 aromatic heterocycles. The van der Waals surface area contributed by atoms with Gasteiger partial charge in [-0.1, -0.05) is 6.07 Å². The maximum Gasteiger partial charge on any atom is 0.212 e. The summed E-state index contributed by atoms with van der Waals surface area (Å²) in [7, 11) is 1.62. The molecule has 4 nitrogen and oxygen atoms in total. The summed E-state index contributed by atoms with van der Waals surface area (Å²) < 4.78 is 5.03. The van der Waals surface area contributed by atoms with Gasteiger partial charge in [0, 0.05) is 17.8 Å². The summed E-state index contributed by atoms with van der Waals surface area (Å²) in [5.41, 5.74) is 7.24. The summed E-state index contributed by atoms with van der Waals surface area (Å²) in [5, 5.41) is 3.31. The van der Waals surface area contributed by atoms with Crippen molar-refractivity contribution >= 4 is 0 Å². The molecule has 0 aromatic carbocycles. The third-order valence-corrected chi connectivity index (χ3v) is 3.02. The van der Waals surface area contributed by atoms with Crippen LogP contribution in [0.2, 0.25) is 0 Å². The van der Waals surface area contributed by atoms with Gasteiger partial charge in [-0.25, -0.2) is 4.98 Å². The summed E-state index contributed by atoms with van der Waals surface area (Å²) in [5.74, 6) is 0.635. The van der Waals surface area contributed by atoms with Crippen LogP contribution in [0.5, 0.6) is 5.88 Å². The number of aromatic nitrogens is 1. The van der Waals surface area contributed by atoms with Crippen molar-refractivity contribution in [2.75, 3.05) is 20.2 Å². The Kier molecular flexibility index (Phi) is 2.88. The van der Waals surface area contributed by atoms with Crippen LogP contribution in [0.15, 0.2) is 18.3 Å². The monoisotopic (exact) mass is 207 g/mol. The van der Waals surface area contributed by atoms with Gasteiger partial charge in [-0.3, -0.25) is 0 Å². The topological polar surface area (TPSA) is 60.2 Å². The van der Waals surface area contributed by atoms with E-state index in [1.165, 1.54) is 0 Å². The number of pyridine rings is 1. The predicted molar refractivity (Wildman–Crippen MR) is 58.8 cm³/mol. The van der Waals surface area contributed by atoms with Gasteiger partial charge >= 0.3 is 0 Å². The Balaban J connectivity index is 2.20. The molecule has 1 saturated heterocycles. The van der Waals surface area contributed by atoms with E-state index in [9.17, 15) is 0 Å². The van der Waals surface area contributed by atoms with Gasteiger partial charge in [0.25, 0.3) is 0 Å². The molecule has 1 aliphatic rings. The molecule has 0 spiro atoms. The predicted octanol–water partition coefficient (Wildman–Crippen LogP) is 0.628. The first kappa shape index (κ1) is 10.4. The Labute approximate surface area is 89.8 Å². The lowest BCUT2D eigenvalue weighted by Gasteiger charge is -2.34. The number of hydrogen-bond donors (Lipinski definition) is 2. The maximum atomic E-state index is 6.35. The fourth-order valence-corrected chi connectivity index (χ4v) is 1.96. The van der Waals surface area contributed by atoms with E-state index in [1.807, 2.05) is 18.3 Å². The lowest BCUT2D eigenvalue weighted by atomic mass is 9.83. The minimum atomic E-state index is -0.218. The van der Waals surface area contributed by atoms with Crippen LogP contribution in [0.1, 0.15) is 18.4 Å². The van der Waals surface area contributed by atoms with Crippen molar-refractivity contribution in [3.05, 3.63) is 23.9 Å². The molecule has 0 radical (unpaired) electrons. The highest BCUT2D eigenvalue weighted by atomic mass is 16.5. The summed E-state index contributed by atoms with van der Waals surface area (Å²) in [6.07, 6.45) is 3.74. The van der Waals surface area contributed by atoms with Crippen LogP contribution >= 0.6 is 0 Å². The van der Waals surface area contributed by atoms with Gasteiger partial charge in [-0.2, -0.15) is 0 Å². The minimum Gasteiger partial charge on any atom is -0.481 e. The number of nitrogens with one attached hydrogen (secondary N) is 1. The molecular weight excluding hydrogens is 190 g/mol. The first-order chi connectivity index (χ1) is 7.24. The average molecular weight is 207 g/mol. The lowest BCUT2D eigenvalue weighted by molar-refractivity contribution is 0.315. The summed E-state index contributed by atoms with van der Waals surface area (Å²) in [4.78, 5) is 4.19. The van der Waals surface area contributed by atoms with Gasteiger partial charge in [-0.15, -0.1) is 0 Å². The SMILES string of the molecule is COc1ccc(C2(N)CCNCC2)cn1. The molecule has 0 saturated carbocycles. The third-order valence-electron chi connectivity index (χ3n) is 3.02. The normalized spacial score (nSPS) is 19.9. The van der Waals surface area contributed by atoms with E-state index >= 15 is 0 Å². The number of methoxy groups -OCH3 is 1. The molecule has 82 valence electrons. The Hall–Kier alpha value is -1.13. The van der Waals surface area contributed by atoms with E-state index in [0.717, 1.165) is 31.5 Å². The molecule has 1 aromatic rings. The number of nitrogens with zero attached hydrogens (tertiary/aromatic N) is 1. The quantitative estimate of drug-likeness (QED) is 0.746. The Morgan fingerprint density at radius 3 is 2.67 bits per heavy atom. The smallest absolute Gasteiger partial charge is 0.212 e. The molecule has 3 N–H and O–H groups in total. The van der Waals surface area contributed by atoms with Crippen LogP contribution in [0.25, 0.3) is 0 Å². The minimum absolute atomic E-state index is 0.218. The van der Waals surface area contributed by atoms with E-state index in [0.29, 0.717) is 5.88 Å². The number of hydrogen-bond acceptors (Lipinski definition) is 4. The average Bonchev–Trinajstić information content (AvgIpc) is 2.30. The van der Waals surface area contributed by atoms with Gasteiger partial charge in [0.15, 0.2) is 0 Å². The molecule has 0 unspecified atom stereocenters. The number of nitrogens with two attached hydrogens (primary N) is 1. The second-order valence-corrected chi connectivity index (χ2v) is 4.00. The van der Waals surface area contributed by atoms with Crippen LogP contribution in [-0.2, 0) is 5.54 Å². The molecule has 2 rings (SSSR count). The van der Waals surface area contributed by atoms with Gasteiger partial charge < -0.3 is 15.8 Å². The molecule has 0 bridgehead atoms. The first-order valence-corrected chi connectivity index (χ1v) is 5.25. The number of ether oxygens (including phenoxy) is 1. The van der Waals surface area contributed by atoms with Gasteiger partial charge in [-0.05, 0) is 31.5 Å². The van der Waals surface area contributed by atoms with Crippen LogP contribution in [-0.4, -0.2) is 25.2 Å². The summed E-state index contributed by atoms with van der Waals surface area (Å²) >= 11 is 0. The standard InChI is InChI=1S/C11H17N3O/c1-15-10-3-2-9(8-14-10)11(12)4-6-13-7-5-11/h2-3,8,13H,4-7,12H2,1H3. The van der Waals surface area contributed by atoms with Crippen LogP contribution < -0.4 is 15.8 Å². The Bertz CT molecular complexity index is 317. The summed E-state index contributed by atoms with van der Waals surface area (Å²) in [6.45, 7) is 1.95. The molecule has 1 fully saturated rings. The molecule has 0 atom stereocenters. The zero-order valence-corrected chi connectivity index (χ0v) is 8.99. The van der Waals surface area contributed by atoms with E-state index in [4.69, 9.17) is 10.5 Å². The molecular formula is C11H17N3O. The van der Waals surface area contributed by atoms with E-state index in [-0.39, 0.29) is 5.54 Å². The first-order valence-electron chi connectivity index (χ1n) is 5.25. The van der Waals surface area contributed by atoms with Crippen molar-refractivity contribution in [3.63, 3.8) is 0 Å². The Morgan fingerprint density at radius 1 is 1.40 bits per heavy atom. The fourth-order valence-electron chi connectivity index (χ4n) is 1.96. The van der Waals surface area contributed by atoms with Crippen molar-refractivity contribution < 1.29 is 4.74 Å². The third kappa shape index (κ3) is 2.11. The van der Waals surface area contributed by atoms with Gasteiger partial charge in [0.1, 0.15) is 0 Å². The molecule has 15 heavy (non-hydrogen) atoms. The van der Waals surface area contributed by atoms with Crippen molar-refractivity contribution in [2.45, 2.75) is 18.4 Å². The van der Waals surface area contributed by atoms with E-state index < -0.39 is 0 Å². The highest BCUT2D eigenvalue weighted by Crippen LogP contribution is 2.27. The molecule has 2 heterocycles. The van der Waals surface area contributed by atoms with Crippen LogP contribution in [0, 0.1) is 0 Å². The van der Waals surface area contributed by atoms with E-state index in [1.54, 1.807) is 7.11 Å². The highest BCUT2D eigenvalue weighted by molar-refractivity contribution is 5.25. The van der Waals surface area contributed by atoms with Crippen molar-refractivity contribution in [3.8, 4) is 5.88 Å². The highest BCUT2D eigenvalue weighted by Gasteiger charge is 2.29. The van der Waals surface area contributed by atoms with Crippen molar-refractivity contribution in [2.24, 2.45) is 5.73 Å². The second-order valence-electron chi connectivity index (χ2n) is 4.00. The molecule has 0 aliphatic carbocycles. The summed E-state index contributed by atoms with van der Waals surface area (Å²) in [6, 6.07) is 3.88. The fraction of sp³-hybridized carbons (Fsp3) is 0.545. The van der Waals surface area contributed by atoms with Crippen molar-refractivity contribution in [1.29, 1.82) is 0 Å². The van der Waals surface area contributed by atoms with Gasteiger partial charge in [0.2, 0.25) is 5.88 Å². The van der Waals surface area contributed by atoms with E-state index in [2.05, 4.69) is 10.3 Å². The van der Waals surface area contributed by atoms with Gasteiger partial charge in [0.05, 0.1) is 7.11 Å².